The van der Waals surface area contributed by atoms with Crippen molar-refractivity contribution in [2.45, 2.75) is 44.7 Å². The van der Waals surface area contributed by atoms with Crippen LogP contribution >= 0.6 is 11.3 Å². The molecule has 0 radical (unpaired) electrons. The van der Waals surface area contributed by atoms with Crippen LogP contribution in [0.15, 0.2) is 60.2 Å². The highest BCUT2D eigenvalue weighted by Crippen LogP contribution is 2.30. The highest BCUT2D eigenvalue weighted by molar-refractivity contribution is 7.12. The third-order valence-corrected chi connectivity index (χ3v) is 6.92. The Morgan fingerprint density at radius 1 is 1.17 bits per heavy atom. The number of hydrogen-bond donors (Lipinski definition) is 2. The van der Waals surface area contributed by atoms with Crippen molar-refractivity contribution in [3.05, 3.63) is 82.1 Å². The number of rotatable bonds is 8. The van der Waals surface area contributed by atoms with Gasteiger partial charge in [0.2, 0.25) is 11.8 Å². The minimum atomic E-state index is -1.09. The SMILES string of the molecule is Cc1ccc(N(C(=O)CNC(=O)c2cccs2)[C@H](C(=O)NC2CCCC2)c2cccnc2)cc1F. The topological polar surface area (TPSA) is 91.4 Å². The molecule has 1 atom stereocenters. The molecule has 2 heterocycles. The Morgan fingerprint density at radius 2 is 1.97 bits per heavy atom. The number of nitrogens with one attached hydrogen (secondary N) is 2. The lowest BCUT2D eigenvalue weighted by Gasteiger charge is -2.32. The molecule has 0 aliphatic heterocycles. The number of benzene rings is 1. The molecule has 35 heavy (non-hydrogen) atoms. The maximum atomic E-state index is 14.6. The summed E-state index contributed by atoms with van der Waals surface area (Å²) in [7, 11) is 0. The van der Waals surface area contributed by atoms with Gasteiger partial charge < -0.3 is 10.6 Å². The number of pyridine rings is 1. The Bertz CT molecular complexity index is 1180. The highest BCUT2D eigenvalue weighted by Gasteiger charge is 2.34. The van der Waals surface area contributed by atoms with Crippen LogP contribution in [0.3, 0.4) is 0 Å². The van der Waals surface area contributed by atoms with Crippen LogP contribution in [-0.2, 0) is 9.59 Å². The molecule has 9 heteroatoms. The summed E-state index contributed by atoms with van der Waals surface area (Å²) in [6.45, 7) is 1.26. The summed E-state index contributed by atoms with van der Waals surface area (Å²) in [6.07, 6.45) is 6.90. The van der Waals surface area contributed by atoms with Gasteiger partial charge in [-0.15, -0.1) is 11.3 Å². The van der Waals surface area contributed by atoms with Gasteiger partial charge >= 0.3 is 0 Å². The number of halogens is 1. The Morgan fingerprint density at radius 3 is 2.63 bits per heavy atom. The van der Waals surface area contributed by atoms with Gasteiger partial charge in [-0.25, -0.2) is 4.39 Å². The Balaban J connectivity index is 1.69. The van der Waals surface area contributed by atoms with E-state index in [9.17, 15) is 18.8 Å². The van der Waals surface area contributed by atoms with E-state index in [0.29, 0.717) is 16.0 Å². The van der Waals surface area contributed by atoms with Gasteiger partial charge in [-0.3, -0.25) is 24.3 Å². The number of hydrogen-bond acceptors (Lipinski definition) is 5. The minimum Gasteiger partial charge on any atom is -0.351 e. The molecule has 0 bridgehead atoms. The molecule has 1 saturated carbocycles. The first-order valence-corrected chi connectivity index (χ1v) is 12.4. The van der Waals surface area contributed by atoms with E-state index in [2.05, 4.69) is 15.6 Å². The average Bonchev–Trinajstić information content (AvgIpc) is 3.58. The van der Waals surface area contributed by atoms with Crippen LogP contribution in [0, 0.1) is 12.7 Å². The molecule has 1 aliphatic rings. The molecular weight excluding hydrogens is 467 g/mol. The van der Waals surface area contributed by atoms with Crippen LogP contribution in [0.4, 0.5) is 10.1 Å². The Labute approximate surface area is 207 Å². The molecule has 0 saturated heterocycles. The second kappa shape index (κ2) is 11.2. The van der Waals surface area contributed by atoms with E-state index in [1.807, 2.05) is 0 Å². The molecule has 2 N–H and O–H groups in total. The van der Waals surface area contributed by atoms with Gasteiger partial charge in [-0.2, -0.15) is 0 Å². The van der Waals surface area contributed by atoms with Gasteiger partial charge in [-0.1, -0.05) is 31.0 Å². The van der Waals surface area contributed by atoms with Gasteiger partial charge in [0.1, 0.15) is 11.9 Å². The third-order valence-electron chi connectivity index (χ3n) is 6.06. The summed E-state index contributed by atoms with van der Waals surface area (Å²) < 4.78 is 14.6. The molecule has 2 aromatic heterocycles. The predicted octanol–water partition coefficient (Wildman–Crippen LogP) is 4.15. The monoisotopic (exact) mass is 494 g/mol. The van der Waals surface area contributed by atoms with Crippen LogP contribution in [0.25, 0.3) is 0 Å². The van der Waals surface area contributed by atoms with Crippen molar-refractivity contribution in [3.8, 4) is 0 Å². The zero-order valence-corrected chi connectivity index (χ0v) is 20.2. The number of carbonyl (C=O) groups excluding carboxylic acids is 3. The molecule has 1 aromatic carbocycles. The van der Waals surface area contributed by atoms with Gasteiger partial charge in [0.15, 0.2) is 0 Å². The van der Waals surface area contributed by atoms with Gasteiger partial charge in [0, 0.05) is 29.7 Å². The Hall–Kier alpha value is -3.59. The molecule has 0 unspecified atom stereocenters. The molecule has 1 fully saturated rings. The molecule has 3 amide bonds. The van der Waals surface area contributed by atoms with Crippen molar-refractivity contribution in [2.24, 2.45) is 0 Å². The maximum absolute atomic E-state index is 14.6. The maximum Gasteiger partial charge on any atom is 0.261 e. The van der Waals surface area contributed by atoms with E-state index in [-0.39, 0.29) is 24.2 Å². The molecular formula is C26H27FN4O3S. The molecule has 1 aliphatic carbocycles. The second-order valence-corrected chi connectivity index (χ2v) is 9.48. The van der Waals surface area contributed by atoms with E-state index < -0.39 is 23.7 Å². The van der Waals surface area contributed by atoms with Crippen LogP contribution in [0.5, 0.6) is 0 Å². The van der Waals surface area contributed by atoms with Gasteiger partial charge in [0.25, 0.3) is 5.91 Å². The first-order valence-electron chi connectivity index (χ1n) is 11.5. The van der Waals surface area contributed by atoms with Crippen LogP contribution in [0.1, 0.15) is 52.5 Å². The zero-order valence-electron chi connectivity index (χ0n) is 19.4. The summed E-state index contributed by atoms with van der Waals surface area (Å²) in [5.74, 6) is -1.81. The fourth-order valence-corrected chi connectivity index (χ4v) is 4.85. The number of anilines is 1. The number of aromatic nitrogens is 1. The van der Waals surface area contributed by atoms with Crippen molar-refractivity contribution in [1.29, 1.82) is 0 Å². The van der Waals surface area contributed by atoms with Crippen molar-refractivity contribution >= 4 is 34.7 Å². The number of carbonyl (C=O) groups is 3. The van der Waals surface area contributed by atoms with Crippen molar-refractivity contribution in [3.63, 3.8) is 0 Å². The van der Waals surface area contributed by atoms with E-state index in [1.54, 1.807) is 54.9 Å². The predicted molar refractivity (Wildman–Crippen MR) is 133 cm³/mol. The standard InChI is InChI=1S/C26H27FN4O3S/c1-17-10-11-20(14-21(17)27)31(23(32)16-29-25(33)22-9-5-13-35-22)24(18-6-4-12-28-15-18)26(34)30-19-7-2-3-8-19/h4-6,9-15,19,24H,2-3,7-8,16H2,1H3,(H,29,33)(H,30,34)/t24-/m0/s1. The zero-order chi connectivity index (χ0) is 24.8. The number of aryl methyl sites for hydroxylation is 1. The van der Waals surface area contributed by atoms with Crippen molar-refractivity contribution in [1.82, 2.24) is 15.6 Å². The van der Waals surface area contributed by atoms with E-state index in [0.717, 1.165) is 25.7 Å². The fourth-order valence-electron chi connectivity index (χ4n) is 4.21. The average molecular weight is 495 g/mol. The molecule has 3 aromatic rings. The largest absolute Gasteiger partial charge is 0.351 e. The molecule has 0 spiro atoms. The number of amides is 3. The van der Waals surface area contributed by atoms with Crippen molar-refractivity contribution < 1.29 is 18.8 Å². The summed E-state index contributed by atoms with van der Waals surface area (Å²) >= 11 is 1.26. The lowest BCUT2D eigenvalue weighted by molar-refractivity contribution is -0.126. The summed E-state index contributed by atoms with van der Waals surface area (Å²) in [6, 6.07) is 10.1. The number of thiophene rings is 1. The van der Waals surface area contributed by atoms with Crippen LogP contribution in [0.2, 0.25) is 0 Å². The molecule has 7 nitrogen and oxygen atoms in total. The van der Waals surface area contributed by atoms with E-state index in [1.165, 1.54) is 28.5 Å². The quantitative estimate of drug-likeness (QED) is 0.492. The second-order valence-electron chi connectivity index (χ2n) is 8.54. The summed E-state index contributed by atoms with van der Waals surface area (Å²) in [5, 5.41) is 7.44. The first-order chi connectivity index (χ1) is 16.9. The third kappa shape index (κ3) is 5.92. The Kier molecular flexibility index (Phi) is 7.87. The minimum absolute atomic E-state index is 0.0203. The molecule has 4 rings (SSSR count). The molecule has 182 valence electrons. The van der Waals surface area contributed by atoms with Gasteiger partial charge in [0.05, 0.1) is 11.4 Å². The lowest BCUT2D eigenvalue weighted by Crippen LogP contribution is -2.49. The fraction of sp³-hybridized carbons (Fsp3) is 0.308. The lowest BCUT2D eigenvalue weighted by atomic mass is 10.0. The van der Waals surface area contributed by atoms with Crippen LogP contribution in [-0.4, -0.2) is 35.3 Å². The smallest absolute Gasteiger partial charge is 0.261 e. The van der Waals surface area contributed by atoms with E-state index in [4.69, 9.17) is 0 Å². The normalized spacial score (nSPS) is 14.3. The van der Waals surface area contributed by atoms with Crippen LogP contribution < -0.4 is 15.5 Å². The first kappa shape index (κ1) is 24.5. The highest BCUT2D eigenvalue weighted by atomic mass is 32.1. The summed E-state index contributed by atoms with van der Waals surface area (Å²) in [4.78, 5) is 45.4. The van der Waals surface area contributed by atoms with E-state index >= 15 is 0 Å². The van der Waals surface area contributed by atoms with Crippen molar-refractivity contribution in [2.75, 3.05) is 11.4 Å². The van der Waals surface area contributed by atoms with Gasteiger partial charge in [-0.05, 0) is 55.0 Å². The summed E-state index contributed by atoms with van der Waals surface area (Å²) in [5.41, 5.74) is 1.13. The number of nitrogens with zero attached hydrogens (tertiary/aromatic N) is 2.